The van der Waals surface area contributed by atoms with Gasteiger partial charge in [0.05, 0.1) is 16.8 Å². The lowest BCUT2D eigenvalue weighted by molar-refractivity contribution is 0.340. The Morgan fingerprint density at radius 1 is 1.56 bits per heavy atom. The van der Waals surface area contributed by atoms with Crippen LogP contribution in [0.1, 0.15) is 13.8 Å². The molecule has 0 saturated heterocycles. The molecule has 0 unspecified atom stereocenters. The first-order valence-electron chi connectivity index (χ1n) is 5.02. The van der Waals surface area contributed by atoms with Crippen molar-refractivity contribution in [3.8, 4) is 5.75 Å². The lowest BCUT2D eigenvalue weighted by Crippen LogP contribution is -1.90. The van der Waals surface area contributed by atoms with Gasteiger partial charge in [0, 0.05) is 24.2 Å². The predicted octanol–water partition coefficient (Wildman–Crippen LogP) is 3.79. The topological polar surface area (TPSA) is 34.5 Å². The highest BCUT2D eigenvalue weighted by molar-refractivity contribution is 8.00. The van der Waals surface area contributed by atoms with E-state index >= 15 is 0 Å². The summed E-state index contributed by atoms with van der Waals surface area (Å²) < 4.78 is 11.7. The van der Waals surface area contributed by atoms with Crippen LogP contribution in [0.5, 0.6) is 5.75 Å². The molecule has 0 radical (unpaired) electrons. The molecule has 0 bridgehead atoms. The Labute approximate surface area is 103 Å². The second-order valence-corrected chi connectivity index (χ2v) is 5.07. The minimum absolute atomic E-state index is 0.678. The van der Waals surface area contributed by atoms with Crippen LogP contribution in [-0.4, -0.2) is 17.8 Å². The summed E-state index contributed by atoms with van der Waals surface area (Å²) in [6.45, 7) is 4.55. The van der Waals surface area contributed by atoms with Gasteiger partial charge in [-0.25, -0.2) is 9.38 Å². The van der Waals surface area contributed by atoms with Crippen molar-refractivity contribution in [3.05, 3.63) is 18.2 Å². The zero-order valence-corrected chi connectivity index (χ0v) is 10.8. The second-order valence-electron chi connectivity index (χ2n) is 3.00. The number of thiazole rings is 1. The van der Waals surface area contributed by atoms with Crippen molar-refractivity contribution < 1.29 is 4.74 Å². The summed E-state index contributed by atoms with van der Waals surface area (Å²) in [5.41, 5.74) is 0.977. The molecule has 2 rings (SSSR count). The normalized spacial score (nSPS) is 11.4. The Hall–Kier alpha value is -1.07. The molecular weight excluding hydrogens is 240 g/mol. The smallest absolute Gasteiger partial charge is 0.173 e. The van der Waals surface area contributed by atoms with Gasteiger partial charge in [0.1, 0.15) is 5.75 Å². The largest absolute Gasteiger partial charge is 0.494 e. The van der Waals surface area contributed by atoms with Gasteiger partial charge in [-0.05, 0) is 26.0 Å². The van der Waals surface area contributed by atoms with Crippen LogP contribution in [0.2, 0.25) is 0 Å². The Morgan fingerprint density at radius 3 is 3.19 bits per heavy atom. The molecule has 0 N–H and O–H groups in total. The maximum atomic E-state index is 5.43. The van der Waals surface area contributed by atoms with Crippen molar-refractivity contribution in [2.45, 2.75) is 18.2 Å². The lowest BCUT2D eigenvalue weighted by atomic mass is 10.3. The average molecular weight is 252 g/mol. The van der Waals surface area contributed by atoms with E-state index in [0.29, 0.717) is 6.61 Å². The maximum absolute atomic E-state index is 5.43. The zero-order valence-electron chi connectivity index (χ0n) is 9.14. The van der Waals surface area contributed by atoms with Gasteiger partial charge in [-0.15, -0.1) is 11.3 Å². The SMILES string of the molecule is C/C=N/Sc1nc2cc(OCC)ccc2s1. The van der Waals surface area contributed by atoms with Crippen LogP contribution in [0, 0.1) is 0 Å². The summed E-state index contributed by atoms with van der Waals surface area (Å²) in [7, 11) is 0. The van der Waals surface area contributed by atoms with Gasteiger partial charge in [-0.1, -0.05) is 0 Å². The molecule has 0 aliphatic heterocycles. The van der Waals surface area contributed by atoms with Crippen molar-refractivity contribution in [2.75, 3.05) is 6.61 Å². The second kappa shape index (κ2) is 5.32. The van der Waals surface area contributed by atoms with Crippen molar-refractivity contribution in [1.82, 2.24) is 4.98 Å². The summed E-state index contributed by atoms with van der Waals surface area (Å²) in [5.74, 6) is 0.871. The van der Waals surface area contributed by atoms with Crippen molar-refractivity contribution in [1.29, 1.82) is 0 Å². The molecule has 0 atom stereocenters. The number of rotatable bonds is 4. The maximum Gasteiger partial charge on any atom is 0.173 e. The molecule has 0 saturated carbocycles. The van der Waals surface area contributed by atoms with E-state index in [4.69, 9.17) is 4.74 Å². The molecule has 0 fully saturated rings. The Bertz CT molecular complexity index is 508. The molecule has 0 spiro atoms. The number of benzene rings is 1. The third kappa shape index (κ3) is 2.54. The van der Waals surface area contributed by atoms with Gasteiger partial charge in [-0.2, -0.15) is 0 Å². The third-order valence-corrected chi connectivity index (χ3v) is 3.75. The molecule has 5 heteroatoms. The van der Waals surface area contributed by atoms with Gasteiger partial charge < -0.3 is 4.74 Å². The Morgan fingerprint density at radius 2 is 2.44 bits per heavy atom. The summed E-state index contributed by atoms with van der Waals surface area (Å²) in [4.78, 5) is 4.48. The molecule has 1 aromatic carbocycles. The highest BCUT2D eigenvalue weighted by Crippen LogP contribution is 2.31. The standard InChI is InChI=1S/C11H12N2OS2/c1-3-12-16-11-13-9-7-8(14-4-2)5-6-10(9)15-11/h3,5-7H,4H2,1-2H3/b12-3+. The van der Waals surface area contributed by atoms with E-state index in [-0.39, 0.29) is 0 Å². The Kier molecular flexibility index (Phi) is 3.79. The molecule has 0 amide bonds. The van der Waals surface area contributed by atoms with Crippen LogP contribution in [-0.2, 0) is 0 Å². The van der Waals surface area contributed by atoms with E-state index in [1.54, 1.807) is 17.6 Å². The van der Waals surface area contributed by atoms with Crippen LogP contribution >= 0.6 is 23.3 Å². The highest BCUT2D eigenvalue weighted by atomic mass is 32.2. The summed E-state index contributed by atoms with van der Waals surface area (Å²) in [6.07, 6.45) is 1.77. The first-order valence-corrected chi connectivity index (χ1v) is 6.61. The fraction of sp³-hybridized carbons (Fsp3) is 0.273. The van der Waals surface area contributed by atoms with Crippen LogP contribution in [0.4, 0.5) is 0 Å². The third-order valence-electron chi connectivity index (χ3n) is 1.89. The van der Waals surface area contributed by atoms with E-state index < -0.39 is 0 Å². The predicted molar refractivity (Wildman–Crippen MR) is 70.8 cm³/mol. The van der Waals surface area contributed by atoms with Gasteiger partial charge in [0.15, 0.2) is 4.34 Å². The number of fused-ring (bicyclic) bond motifs is 1. The van der Waals surface area contributed by atoms with E-state index in [1.807, 2.05) is 32.0 Å². The summed E-state index contributed by atoms with van der Waals surface area (Å²) in [5, 5.41) is 0. The molecule has 3 nitrogen and oxygen atoms in total. The first-order chi connectivity index (χ1) is 7.83. The van der Waals surface area contributed by atoms with Gasteiger partial charge in [-0.3, -0.25) is 0 Å². The molecular formula is C11H12N2OS2. The number of hydrogen-bond acceptors (Lipinski definition) is 5. The quantitative estimate of drug-likeness (QED) is 0.613. The molecule has 84 valence electrons. The number of hydrogen-bond donors (Lipinski definition) is 0. The number of nitrogens with zero attached hydrogens (tertiary/aromatic N) is 2. The Balaban J connectivity index is 2.30. The lowest BCUT2D eigenvalue weighted by Gasteiger charge is -2.00. The molecule has 1 aromatic heterocycles. The van der Waals surface area contributed by atoms with Crippen LogP contribution in [0.15, 0.2) is 26.9 Å². The van der Waals surface area contributed by atoms with Crippen LogP contribution in [0.3, 0.4) is 0 Å². The molecule has 0 aliphatic carbocycles. The molecule has 16 heavy (non-hydrogen) atoms. The summed E-state index contributed by atoms with van der Waals surface area (Å²) in [6, 6.07) is 5.98. The van der Waals surface area contributed by atoms with Crippen LogP contribution < -0.4 is 4.74 Å². The average Bonchev–Trinajstić information content (AvgIpc) is 2.68. The number of ether oxygens (including phenoxy) is 1. The van der Waals surface area contributed by atoms with E-state index in [2.05, 4.69) is 9.38 Å². The fourth-order valence-electron chi connectivity index (χ4n) is 1.28. The highest BCUT2D eigenvalue weighted by Gasteiger charge is 2.05. The summed E-state index contributed by atoms with van der Waals surface area (Å²) >= 11 is 3.05. The number of aromatic nitrogens is 1. The minimum atomic E-state index is 0.678. The van der Waals surface area contributed by atoms with Gasteiger partial charge in [0.25, 0.3) is 0 Å². The van der Waals surface area contributed by atoms with Gasteiger partial charge >= 0.3 is 0 Å². The van der Waals surface area contributed by atoms with Gasteiger partial charge in [0.2, 0.25) is 0 Å². The molecule has 1 heterocycles. The monoisotopic (exact) mass is 252 g/mol. The van der Waals surface area contributed by atoms with E-state index in [1.165, 1.54) is 11.9 Å². The van der Waals surface area contributed by atoms with E-state index in [9.17, 15) is 0 Å². The molecule has 0 aliphatic rings. The van der Waals surface area contributed by atoms with Crippen molar-refractivity contribution in [3.63, 3.8) is 0 Å². The first kappa shape index (κ1) is 11.4. The molecule has 2 aromatic rings. The van der Waals surface area contributed by atoms with Crippen molar-refractivity contribution in [2.24, 2.45) is 4.40 Å². The zero-order chi connectivity index (χ0) is 11.4. The minimum Gasteiger partial charge on any atom is -0.494 e. The van der Waals surface area contributed by atoms with Crippen molar-refractivity contribution >= 4 is 39.7 Å². The van der Waals surface area contributed by atoms with E-state index in [0.717, 1.165) is 20.3 Å². The van der Waals surface area contributed by atoms with Crippen LogP contribution in [0.25, 0.3) is 10.2 Å². The fourth-order valence-corrected chi connectivity index (χ4v) is 2.84.